The number of hydrogen-bond donors (Lipinski definition) is 2. The summed E-state index contributed by atoms with van der Waals surface area (Å²) < 4.78 is 2.88. The molecule has 6 heteroatoms. The molecule has 0 radical (unpaired) electrons. The molecule has 2 heterocycles. The number of carbonyl (C=O) groups is 1. The van der Waals surface area contributed by atoms with Gasteiger partial charge in [-0.25, -0.2) is 4.57 Å². The van der Waals surface area contributed by atoms with Gasteiger partial charge in [0.2, 0.25) is 0 Å². The predicted molar refractivity (Wildman–Crippen MR) is 70.6 cm³/mol. The van der Waals surface area contributed by atoms with Crippen LogP contribution >= 0.6 is 0 Å². The molecule has 2 N–H and O–H groups in total. The minimum Gasteiger partial charge on any atom is -0.481 e. The quantitative estimate of drug-likeness (QED) is 0.649. The second-order valence-electron chi connectivity index (χ2n) is 4.84. The molecular weight excluding hydrogens is 258 g/mol. The number of carboxylic acid groups (broad SMARTS) is 1. The number of carboxylic acids is 1. The van der Waals surface area contributed by atoms with Gasteiger partial charge in [0.1, 0.15) is 11.6 Å². The first-order valence-electron chi connectivity index (χ1n) is 6.32. The van der Waals surface area contributed by atoms with Crippen molar-refractivity contribution in [3.8, 4) is 0 Å². The monoisotopic (exact) mass is 276 g/mol. The van der Waals surface area contributed by atoms with Crippen molar-refractivity contribution in [2.24, 2.45) is 7.05 Å². The lowest BCUT2D eigenvalue weighted by molar-refractivity contribution is -0.686. The molecule has 0 aliphatic rings. The summed E-state index contributed by atoms with van der Waals surface area (Å²) in [5.74, 6) is -0.839. The third-order valence-corrected chi connectivity index (χ3v) is 3.68. The molecule has 106 valence electrons. The van der Waals surface area contributed by atoms with E-state index < -0.39 is 11.9 Å². The van der Waals surface area contributed by atoms with Crippen molar-refractivity contribution in [2.45, 2.75) is 26.2 Å². The van der Waals surface area contributed by atoms with Gasteiger partial charge in [0.25, 0.3) is 0 Å². The number of hydrogen-bond acceptors (Lipinski definition) is 3. The van der Waals surface area contributed by atoms with E-state index in [1.165, 1.54) is 0 Å². The van der Waals surface area contributed by atoms with E-state index in [0.29, 0.717) is 11.5 Å². The van der Waals surface area contributed by atoms with Gasteiger partial charge in [-0.1, -0.05) is 6.07 Å². The van der Waals surface area contributed by atoms with E-state index in [1.807, 2.05) is 24.6 Å². The van der Waals surface area contributed by atoms with Crippen LogP contribution in [0.3, 0.4) is 0 Å². The molecule has 20 heavy (non-hydrogen) atoms. The molecule has 0 saturated carbocycles. The predicted octanol–water partition coefficient (Wildman–Crippen LogP) is 1.17. The fraction of sp³-hybridized carbons (Fsp3) is 0.357. The van der Waals surface area contributed by atoms with Crippen LogP contribution in [0.15, 0.2) is 24.5 Å². The Bertz CT molecular complexity index is 609. The molecule has 1 unspecified atom stereocenters. The van der Waals surface area contributed by atoms with E-state index in [0.717, 1.165) is 16.0 Å². The Balaban J connectivity index is 2.59. The SMILES string of the molecule is Cc1c(C)[n+](C)c(C(CC(=O)O)c2cccnc2)n1O. The minimum atomic E-state index is -0.921. The zero-order valence-corrected chi connectivity index (χ0v) is 11.7. The van der Waals surface area contributed by atoms with E-state index in [2.05, 4.69) is 4.98 Å². The van der Waals surface area contributed by atoms with Crippen LogP contribution < -0.4 is 4.57 Å². The second-order valence-corrected chi connectivity index (χ2v) is 4.84. The summed E-state index contributed by atoms with van der Waals surface area (Å²) in [4.78, 5) is 15.2. The Labute approximate surface area is 116 Å². The van der Waals surface area contributed by atoms with Crippen molar-refractivity contribution in [3.05, 3.63) is 47.3 Å². The van der Waals surface area contributed by atoms with Crippen molar-refractivity contribution < 1.29 is 19.7 Å². The van der Waals surface area contributed by atoms with Gasteiger partial charge >= 0.3 is 11.8 Å². The summed E-state index contributed by atoms with van der Waals surface area (Å²) in [7, 11) is 1.82. The summed E-state index contributed by atoms with van der Waals surface area (Å²) in [5, 5.41) is 19.4. The minimum absolute atomic E-state index is 0.108. The van der Waals surface area contributed by atoms with Crippen LogP contribution in [0.4, 0.5) is 0 Å². The molecule has 0 saturated heterocycles. The third kappa shape index (κ3) is 2.36. The molecule has 0 aliphatic carbocycles. The molecule has 1 atom stereocenters. The first-order valence-corrected chi connectivity index (χ1v) is 6.32. The molecule has 2 aromatic heterocycles. The molecule has 0 fully saturated rings. The second kappa shape index (κ2) is 5.32. The van der Waals surface area contributed by atoms with Gasteiger partial charge in [-0.2, -0.15) is 0 Å². The average Bonchev–Trinajstić information content (AvgIpc) is 2.62. The smallest absolute Gasteiger partial charge is 0.304 e. The number of nitrogens with zero attached hydrogens (tertiary/aromatic N) is 3. The standard InChI is InChI=1S/C14H17N3O3/c1-9-10(2)17(20)14(16(9)3)12(7-13(18)19)11-5-4-6-15-8-11/h4-6,8,12H,7H2,1-3H3,(H-,18,19,20)/p+1. The highest BCUT2D eigenvalue weighted by Gasteiger charge is 2.33. The van der Waals surface area contributed by atoms with Gasteiger partial charge in [0.05, 0.1) is 13.5 Å². The van der Waals surface area contributed by atoms with Gasteiger partial charge in [-0.3, -0.25) is 9.78 Å². The first-order chi connectivity index (χ1) is 9.43. The summed E-state index contributed by atoms with van der Waals surface area (Å²) in [5.41, 5.74) is 2.35. The number of pyridine rings is 1. The van der Waals surface area contributed by atoms with Crippen LogP contribution in [0, 0.1) is 13.8 Å². The van der Waals surface area contributed by atoms with Gasteiger partial charge in [-0.15, -0.1) is 0 Å². The number of aliphatic carboxylic acids is 1. The Kier molecular flexibility index (Phi) is 3.74. The zero-order valence-electron chi connectivity index (χ0n) is 11.7. The van der Waals surface area contributed by atoms with Gasteiger partial charge < -0.3 is 10.3 Å². The van der Waals surface area contributed by atoms with E-state index >= 15 is 0 Å². The lowest BCUT2D eigenvalue weighted by atomic mass is 9.96. The number of imidazole rings is 1. The third-order valence-electron chi connectivity index (χ3n) is 3.68. The van der Waals surface area contributed by atoms with Gasteiger partial charge in [0, 0.05) is 26.2 Å². The Hall–Kier alpha value is -2.37. The lowest BCUT2D eigenvalue weighted by Gasteiger charge is -2.11. The fourth-order valence-corrected chi connectivity index (χ4v) is 2.38. The maximum atomic E-state index is 11.2. The maximum absolute atomic E-state index is 11.2. The Morgan fingerprint density at radius 3 is 2.65 bits per heavy atom. The Morgan fingerprint density at radius 1 is 1.50 bits per heavy atom. The van der Waals surface area contributed by atoms with Crippen molar-refractivity contribution in [3.63, 3.8) is 0 Å². The number of aromatic nitrogens is 3. The lowest BCUT2D eigenvalue weighted by Crippen LogP contribution is -2.37. The van der Waals surface area contributed by atoms with E-state index in [-0.39, 0.29) is 6.42 Å². The van der Waals surface area contributed by atoms with Crippen LogP contribution in [0.5, 0.6) is 0 Å². The largest absolute Gasteiger partial charge is 0.481 e. The Morgan fingerprint density at radius 2 is 2.20 bits per heavy atom. The average molecular weight is 276 g/mol. The number of rotatable bonds is 4. The summed E-state index contributed by atoms with van der Waals surface area (Å²) in [6.07, 6.45) is 3.16. The molecule has 2 aromatic rings. The van der Waals surface area contributed by atoms with Crippen molar-refractivity contribution >= 4 is 5.97 Å². The molecule has 0 amide bonds. The van der Waals surface area contributed by atoms with Gasteiger partial charge in [-0.05, 0) is 16.4 Å². The topological polar surface area (TPSA) is 79.2 Å². The fourth-order valence-electron chi connectivity index (χ4n) is 2.38. The highest BCUT2D eigenvalue weighted by molar-refractivity contribution is 5.68. The normalized spacial score (nSPS) is 12.3. The summed E-state index contributed by atoms with van der Waals surface area (Å²) in [6, 6.07) is 3.58. The van der Waals surface area contributed by atoms with Crippen LogP contribution in [0.25, 0.3) is 0 Å². The van der Waals surface area contributed by atoms with E-state index in [9.17, 15) is 10.0 Å². The van der Waals surface area contributed by atoms with Crippen LogP contribution in [-0.2, 0) is 11.8 Å². The maximum Gasteiger partial charge on any atom is 0.304 e. The van der Waals surface area contributed by atoms with Crippen molar-refractivity contribution in [2.75, 3.05) is 0 Å². The van der Waals surface area contributed by atoms with E-state index in [4.69, 9.17) is 5.11 Å². The first kappa shape index (κ1) is 14.0. The molecular formula is C14H18N3O3+. The van der Waals surface area contributed by atoms with E-state index in [1.54, 1.807) is 25.4 Å². The van der Waals surface area contributed by atoms with Crippen molar-refractivity contribution in [1.29, 1.82) is 0 Å². The van der Waals surface area contributed by atoms with Crippen LogP contribution in [0.2, 0.25) is 0 Å². The van der Waals surface area contributed by atoms with Crippen LogP contribution in [-0.4, -0.2) is 26.0 Å². The summed E-state index contributed by atoms with van der Waals surface area (Å²) in [6.45, 7) is 3.67. The van der Waals surface area contributed by atoms with Crippen LogP contribution in [0.1, 0.15) is 35.1 Å². The van der Waals surface area contributed by atoms with Crippen molar-refractivity contribution in [1.82, 2.24) is 9.71 Å². The molecule has 6 nitrogen and oxygen atoms in total. The molecule has 0 aliphatic heterocycles. The molecule has 0 aromatic carbocycles. The molecule has 2 rings (SSSR count). The highest BCUT2D eigenvalue weighted by atomic mass is 16.5. The van der Waals surface area contributed by atoms with Gasteiger partial charge in [0.15, 0.2) is 5.69 Å². The highest BCUT2D eigenvalue weighted by Crippen LogP contribution is 2.26. The molecule has 0 spiro atoms. The molecule has 0 bridgehead atoms. The zero-order chi connectivity index (χ0) is 14.9. The summed E-state index contributed by atoms with van der Waals surface area (Å²) >= 11 is 0.